The summed E-state index contributed by atoms with van der Waals surface area (Å²) in [6, 6.07) is 11.9. The third-order valence-electron chi connectivity index (χ3n) is 2.48. The summed E-state index contributed by atoms with van der Waals surface area (Å²) in [6.07, 6.45) is 3.61. The van der Waals surface area contributed by atoms with E-state index in [-0.39, 0.29) is 0 Å². The Balaban J connectivity index is 2.01. The van der Waals surface area contributed by atoms with Gasteiger partial charge in [0, 0.05) is 12.4 Å². The van der Waals surface area contributed by atoms with Gasteiger partial charge in [0.15, 0.2) is 0 Å². The molecule has 3 rings (SSSR count). The molecule has 0 aliphatic carbocycles. The second-order valence-electron chi connectivity index (χ2n) is 3.60. The molecule has 3 aromatic rings. The minimum atomic E-state index is 0.703. The van der Waals surface area contributed by atoms with Crippen LogP contribution in [0.1, 0.15) is 5.56 Å². The van der Waals surface area contributed by atoms with E-state index in [1.54, 1.807) is 6.20 Å². The predicted octanol–water partition coefficient (Wildman–Crippen LogP) is 1.87. The Hall–Kier alpha value is -2.23. The molecular weight excluding hydrogens is 200 g/mol. The Labute approximate surface area is 92.6 Å². The van der Waals surface area contributed by atoms with E-state index in [9.17, 15) is 0 Å². The van der Waals surface area contributed by atoms with E-state index in [0.29, 0.717) is 6.54 Å². The molecule has 2 heterocycles. The van der Waals surface area contributed by atoms with Crippen LogP contribution in [0.15, 0.2) is 48.8 Å². The van der Waals surface area contributed by atoms with Crippen molar-refractivity contribution in [3.8, 4) is 0 Å². The van der Waals surface area contributed by atoms with Gasteiger partial charge in [0.05, 0.1) is 12.1 Å². The first-order valence-electron chi connectivity index (χ1n) is 5.10. The fourth-order valence-corrected chi connectivity index (χ4v) is 1.70. The van der Waals surface area contributed by atoms with Gasteiger partial charge in [-0.3, -0.25) is 4.98 Å². The van der Waals surface area contributed by atoms with Gasteiger partial charge in [-0.1, -0.05) is 23.4 Å². The van der Waals surface area contributed by atoms with Crippen molar-refractivity contribution in [2.24, 2.45) is 0 Å². The molecule has 0 radical (unpaired) electrons. The molecule has 0 fully saturated rings. The molecule has 0 unspecified atom stereocenters. The van der Waals surface area contributed by atoms with Crippen molar-refractivity contribution in [3.05, 3.63) is 54.4 Å². The summed E-state index contributed by atoms with van der Waals surface area (Å²) >= 11 is 0. The highest BCUT2D eigenvalue weighted by Gasteiger charge is 2.03. The van der Waals surface area contributed by atoms with Crippen LogP contribution in [0.25, 0.3) is 11.0 Å². The normalized spacial score (nSPS) is 10.8. The van der Waals surface area contributed by atoms with Crippen LogP contribution in [0.5, 0.6) is 0 Å². The molecule has 0 saturated heterocycles. The number of fused-ring (bicyclic) bond motifs is 1. The van der Waals surface area contributed by atoms with Crippen LogP contribution in [0, 0.1) is 0 Å². The van der Waals surface area contributed by atoms with Crippen LogP contribution in [0.2, 0.25) is 0 Å². The van der Waals surface area contributed by atoms with E-state index in [0.717, 1.165) is 16.6 Å². The van der Waals surface area contributed by atoms with Crippen LogP contribution in [-0.2, 0) is 6.54 Å². The van der Waals surface area contributed by atoms with Crippen LogP contribution in [0.4, 0.5) is 0 Å². The highest BCUT2D eigenvalue weighted by molar-refractivity contribution is 5.73. The average molecular weight is 210 g/mol. The Bertz CT molecular complexity index is 600. The fourth-order valence-electron chi connectivity index (χ4n) is 1.70. The number of hydrogen-bond donors (Lipinski definition) is 0. The average Bonchev–Trinajstić information content (AvgIpc) is 2.74. The number of pyridine rings is 1. The van der Waals surface area contributed by atoms with Crippen molar-refractivity contribution in [1.29, 1.82) is 0 Å². The Morgan fingerprint density at radius 2 is 2.00 bits per heavy atom. The van der Waals surface area contributed by atoms with Crippen LogP contribution in [-0.4, -0.2) is 20.0 Å². The SMILES string of the molecule is c1cncc(Cn2nnc3ccccc32)c1. The zero-order valence-electron chi connectivity index (χ0n) is 8.61. The van der Waals surface area contributed by atoms with Crippen LogP contribution >= 0.6 is 0 Å². The number of para-hydroxylation sites is 1. The predicted molar refractivity (Wildman–Crippen MR) is 60.9 cm³/mol. The molecule has 0 bridgehead atoms. The lowest BCUT2D eigenvalue weighted by atomic mass is 10.2. The zero-order valence-corrected chi connectivity index (χ0v) is 8.61. The first-order valence-corrected chi connectivity index (χ1v) is 5.10. The van der Waals surface area contributed by atoms with Gasteiger partial charge in [0.2, 0.25) is 0 Å². The summed E-state index contributed by atoms with van der Waals surface area (Å²) in [4.78, 5) is 4.08. The van der Waals surface area contributed by atoms with Gasteiger partial charge < -0.3 is 0 Å². The highest BCUT2D eigenvalue weighted by atomic mass is 15.4. The molecule has 1 aromatic carbocycles. The van der Waals surface area contributed by atoms with Gasteiger partial charge in [-0.25, -0.2) is 4.68 Å². The Kier molecular flexibility index (Phi) is 2.11. The Morgan fingerprint density at radius 1 is 1.06 bits per heavy atom. The topological polar surface area (TPSA) is 43.6 Å². The van der Waals surface area contributed by atoms with Gasteiger partial charge in [0.25, 0.3) is 0 Å². The monoisotopic (exact) mass is 210 g/mol. The minimum Gasteiger partial charge on any atom is -0.264 e. The largest absolute Gasteiger partial charge is 0.264 e. The van der Waals surface area contributed by atoms with Gasteiger partial charge in [-0.2, -0.15) is 0 Å². The summed E-state index contributed by atoms with van der Waals surface area (Å²) < 4.78 is 1.88. The number of hydrogen-bond acceptors (Lipinski definition) is 3. The van der Waals surface area contributed by atoms with Crippen molar-refractivity contribution < 1.29 is 0 Å². The summed E-state index contributed by atoms with van der Waals surface area (Å²) in [5, 5.41) is 8.24. The molecule has 0 N–H and O–H groups in total. The third kappa shape index (κ3) is 1.54. The maximum atomic E-state index is 4.13. The third-order valence-corrected chi connectivity index (χ3v) is 2.48. The second kappa shape index (κ2) is 3.73. The lowest BCUT2D eigenvalue weighted by molar-refractivity contribution is 0.668. The highest BCUT2D eigenvalue weighted by Crippen LogP contribution is 2.11. The van der Waals surface area contributed by atoms with Gasteiger partial charge in [0.1, 0.15) is 5.52 Å². The van der Waals surface area contributed by atoms with E-state index >= 15 is 0 Å². The molecule has 0 saturated carbocycles. The lowest BCUT2D eigenvalue weighted by Gasteiger charge is -2.01. The van der Waals surface area contributed by atoms with E-state index in [2.05, 4.69) is 15.3 Å². The Morgan fingerprint density at radius 3 is 2.88 bits per heavy atom. The zero-order chi connectivity index (χ0) is 10.8. The second-order valence-corrected chi connectivity index (χ2v) is 3.60. The summed E-state index contributed by atoms with van der Waals surface area (Å²) in [5.74, 6) is 0. The van der Waals surface area contributed by atoms with Gasteiger partial charge in [-0.05, 0) is 23.8 Å². The van der Waals surface area contributed by atoms with Crippen molar-refractivity contribution >= 4 is 11.0 Å². The quantitative estimate of drug-likeness (QED) is 0.648. The number of nitrogens with zero attached hydrogens (tertiary/aromatic N) is 4. The van der Waals surface area contributed by atoms with E-state index < -0.39 is 0 Å². The standard InChI is InChI=1S/C12H10N4/c1-2-6-12-11(5-1)14-15-16(12)9-10-4-3-7-13-8-10/h1-8H,9H2. The molecule has 16 heavy (non-hydrogen) atoms. The van der Waals surface area contributed by atoms with Crippen molar-refractivity contribution in [2.45, 2.75) is 6.54 Å². The molecule has 78 valence electrons. The fraction of sp³-hybridized carbons (Fsp3) is 0.0833. The van der Waals surface area contributed by atoms with Crippen LogP contribution < -0.4 is 0 Å². The number of aromatic nitrogens is 4. The van der Waals surface area contributed by atoms with E-state index in [1.165, 1.54) is 0 Å². The molecule has 2 aromatic heterocycles. The van der Waals surface area contributed by atoms with Gasteiger partial charge >= 0.3 is 0 Å². The number of benzene rings is 1. The molecule has 0 amide bonds. The number of rotatable bonds is 2. The van der Waals surface area contributed by atoms with E-state index in [1.807, 2.05) is 47.3 Å². The molecule has 0 spiro atoms. The lowest BCUT2D eigenvalue weighted by Crippen LogP contribution is -2.01. The first kappa shape index (κ1) is 9.03. The smallest absolute Gasteiger partial charge is 0.113 e. The molecule has 0 aliphatic rings. The molecule has 0 aliphatic heterocycles. The van der Waals surface area contributed by atoms with Crippen molar-refractivity contribution in [2.75, 3.05) is 0 Å². The molecule has 0 atom stereocenters. The maximum Gasteiger partial charge on any atom is 0.113 e. The molecule has 4 nitrogen and oxygen atoms in total. The summed E-state index contributed by atoms with van der Waals surface area (Å²) in [6.45, 7) is 0.703. The van der Waals surface area contributed by atoms with Crippen molar-refractivity contribution in [3.63, 3.8) is 0 Å². The molecule has 4 heteroatoms. The summed E-state index contributed by atoms with van der Waals surface area (Å²) in [7, 11) is 0. The van der Waals surface area contributed by atoms with Gasteiger partial charge in [-0.15, -0.1) is 5.10 Å². The van der Waals surface area contributed by atoms with Crippen molar-refractivity contribution in [1.82, 2.24) is 20.0 Å². The molecular formula is C12H10N4. The van der Waals surface area contributed by atoms with Crippen LogP contribution in [0.3, 0.4) is 0 Å². The summed E-state index contributed by atoms with van der Waals surface area (Å²) in [5.41, 5.74) is 3.09. The minimum absolute atomic E-state index is 0.703. The van der Waals surface area contributed by atoms with E-state index in [4.69, 9.17) is 0 Å². The first-order chi connectivity index (χ1) is 7.93. The maximum absolute atomic E-state index is 4.13.